The first-order valence-electron chi connectivity index (χ1n) is 7.72. The van der Waals surface area contributed by atoms with Crippen molar-refractivity contribution in [2.45, 2.75) is 31.7 Å². The van der Waals surface area contributed by atoms with Crippen molar-refractivity contribution in [3.63, 3.8) is 0 Å². The fraction of sp³-hybridized carbons (Fsp3) is 0.316. The van der Waals surface area contributed by atoms with Crippen LogP contribution in [0.1, 0.15) is 25.0 Å². The van der Waals surface area contributed by atoms with Gasteiger partial charge in [0.15, 0.2) is 0 Å². The number of halogens is 1. The average molecular weight is 314 g/mol. The van der Waals surface area contributed by atoms with Crippen LogP contribution in [0.2, 0.25) is 0 Å². The van der Waals surface area contributed by atoms with Crippen LogP contribution in [0.4, 0.5) is 4.39 Å². The number of nitrogens with two attached hydrogens (primary N) is 1. The molecule has 0 heterocycles. The van der Waals surface area contributed by atoms with E-state index in [1.807, 2.05) is 44.2 Å². The minimum Gasteiger partial charge on any atom is -0.354 e. The molecule has 0 spiro atoms. The Morgan fingerprint density at radius 3 is 2.39 bits per heavy atom. The summed E-state index contributed by atoms with van der Waals surface area (Å²) in [5.74, 6) is -0.487. The molecule has 23 heavy (non-hydrogen) atoms. The summed E-state index contributed by atoms with van der Waals surface area (Å²) in [5.41, 5.74) is 7.05. The van der Waals surface area contributed by atoms with Crippen molar-refractivity contribution in [3.8, 4) is 0 Å². The van der Waals surface area contributed by atoms with Crippen molar-refractivity contribution in [3.05, 3.63) is 71.5 Å². The lowest BCUT2D eigenvalue weighted by molar-refractivity contribution is -0.122. The van der Waals surface area contributed by atoms with E-state index in [9.17, 15) is 9.18 Å². The van der Waals surface area contributed by atoms with Gasteiger partial charge >= 0.3 is 0 Å². The van der Waals surface area contributed by atoms with Crippen LogP contribution < -0.4 is 11.1 Å². The van der Waals surface area contributed by atoms with Gasteiger partial charge in [-0.15, -0.1) is 0 Å². The van der Waals surface area contributed by atoms with Gasteiger partial charge in [-0.1, -0.05) is 62.4 Å². The topological polar surface area (TPSA) is 55.1 Å². The second-order valence-corrected chi connectivity index (χ2v) is 6.38. The van der Waals surface area contributed by atoms with Crippen LogP contribution in [-0.2, 0) is 16.6 Å². The maximum atomic E-state index is 13.9. The molecule has 3 nitrogen and oxygen atoms in total. The molecule has 1 amide bonds. The lowest BCUT2D eigenvalue weighted by Crippen LogP contribution is -2.46. The van der Waals surface area contributed by atoms with E-state index in [1.165, 1.54) is 6.07 Å². The van der Waals surface area contributed by atoms with Crippen LogP contribution in [0.3, 0.4) is 0 Å². The Labute approximate surface area is 136 Å². The second kappa shape index (κ2) is 7.38. The zero-order chi connectivity index (χ0) is 16.9. The van der Waals surface area contributed by atoms with Crippen molar-refractivity contribution >= 4 is 5.91 Å². The maximum absolute atomic E-state index is 13.9. The SMILES string of the molecule is CC(C)(CNC(=O)[C@@H](N)Cc1ccccc1)c1ccccc1F. The van der Waals surface area contributed by atoms with Crippen LogP contribution in [0, 0.1) is 5.82 Å². The van der Waals surface area contributed by atoms with Crippen LogP contribution in [0.15, 0.2) is 54.6 Å². The van der Waals surface area contributed by atoms with Crippen LogP contribution in [0.5, 0.6) is 0 Å². The highest BCUT2D eigenvalue weighted by Crippen LogP contribution is 2.24. The number of rotatable bonds is 6. The van der Waals surface area contributed by atoms with Crippen molar-refractivity contribution in [2.75, 3.05) is 6.54 Å². The molecule has 0 saturated carbocycles. The van der Waals surface area contributed by atoms with E-state index in [0.29, 0.717) is 18.5 Å². The van der Waals surface area contributed by atoms with E-state index >= 15 is 0 Å². The first kappa shape index (κ1) is 17.2. The monoisotopic (exact) mass is 314 g/mol. The Morgan fingerprint density at radius 1 is 1.13 bits per heavy atom. The smallest absolute Gasteiger partial charge is 0.237 e. The number of benzene rings is 2. The number of amides is 1. The quantitative estimate of drug-likeness (QED) is 0.861. The maximum Gasteiger partial charge on any atom is 0.237 e. The molecule has 0 fully saturated rings. The molecule has 4 heteroatoms. The summed E-state index contributed by atoms with van der Waals surface area (Å²) < 4.78 is 13.9. The van der Waals surface area contributed by atoms with Gasteiger partial charge < -0.3 is 11.1 Å². The zero-order valence-corrected chi connectivity index (χ0v) is 13.6. The highest BCUT2D eigenvalue weighted by atomic mass is 19.1. The minimum atomic E-state index is -0.617. The van der Waals surface area contributed by atoms with Gasteiger partial charge in [0.05, 0.1) is 6.04 Å². The fourth-order valence-electron chi connectivity index (χ4n) is 2.51. The first-order valence-corrected chi connectivity index (χ1v) is 7.72. The Kier molecular flexibility index (Phi) is 5.50. The largest absolute Gasteiger partial charge is 0.354 e. The first-order chi connectivity index (χ1) is 10.9. The van der Waals surface area contributed by atoms with Crippen LogP contribution >= 0.6 is 0 Å². The normalized spacial score (nSPS) is 12.7. The molecule has 0 bridgehead atoms. The highest BCUT2D eigenvalue weighted by Gasteiger charge is 2.25. The van der Waals surface area contributed by atoms with Crippen LogP contribution in [-0.4, -0.2) is 18.5 Å². The van der Waals surface area contributed by atoms with E-state index in [2.05, 4.69) is 5.32 Å². The van der Waals surface area contributed by atoms with E-state index in [0.717, 1.165) is 5.56 Å². The van der Waals surface area contributed by atoms with E-state index < -0.39 is 11.5 Å². The Bertz CT molecular complexity index is 655. The molecule has 122 valence electrons. The van der Waals surface area contributed by atoms with E-state index in [-0.39, 0.29) is 11.7 Å². The highest BCUT2D eigenvalue weighted by molar-refractivity contribution is 5.81. The molecule has 0 aromatic heterocycles. The predicted molar refractivity (Wildman–Crippen MR) is 90.6 cm³/mol. The van der Waals surface area contributed by atoms with E-state index in [4.69, 9.17) is 5.73 Å². The van der Waals surface area contributed by atoms with Crippen molar-refractivity contribution in [1.82, 2.24) is 5.32 Å². The summed E-state index contributed by atoms with van der Waals surface area (Å²) >= 11 is 0. The lowest BCUT2D eigenvalue weighted by Gasteiger charge is -2.27. The van der Waals surface area contributed by atoms with Gasteiger partial charge in [0.1, 0.15) is 5.82 Å². The molecule has 2 aromatic rings. The van der Waals surface area contributed by atoms with Gasteiger partial charge in [-0.2, -0.15) is 0 Å². The fourth-order valence-corrected chi connectivity index (χ4v) is 2.51. The summed E-state index contributed by atoms with van der Waals surface area (Å²) in [6.45, 7) is 4.12. The van der Waals surface area contributed by atoms with E-state index in [1.54, 1.807) is 18.2 Å². The lowest BCUT2D eigenvalue weighted by atomic mass is 9.84. The van der Waals surface area contributed by atoms with Gasteiger partial charge in [-0.25, -0.2) is 4.39 Å². The second-order valence-electron chi connectivity index (χ2n) is 6.38. The molecule has 0 aliphatic rings. The molecule has 3 N–H and O–H groups in total. The van der Waals surface area contributed by atoms with Gasteiger partial charge in [0, 0.05) is 12.0 Å². The van der Waals surface area contributed by atoms with Crippen molar-refractivity contribution in [1.29, 1.82) is 0 Å². The number of nitrogens with one attached hydrogen (secondary N) is 1. The third-order valence-corrected chi connectivity index (χ3v) is 3.94. The number of carbonyl (C=O) groups is 1. The summed E-state index contributed by atoms with van der Waals surface area (Å²) in [6, 6.07) is 15.6. The van der Waals surface area contributed by atoms with Crippen LogP contribution in [0.25, 0.3) is 0 Å². The summed E-state index contributed by atoms with van der Waals surface area (Å²) in [7, 11) is 0. The molecule has 2 rings (SSSR count). The zero-order valence-electron chi connectivity index (χ0n) is 13.6. The molecule has 0 aliphatic heterocycles. The van der Waals surface area contributed by atoms with Gasteiger partial charge in [-0.05, 0) is 23.6 Å². The summed E-state index contributed by atoms with van der Waals surface area (Å²) in [5, 5.41) is 2.84. The van der Waals surface area contributed by atoms with Crippen molar-refractivity contribution < 1.29 is 9.18 Å². The third kappa shape index (κ3) is 4.63. The molecule has 0 saturated heterocycles. The standard InChI is InChI=1S/C19H23FN2O/c1-19(2,15-10-6-7-11-16(15)20)13-22-18(23)17(21)12-14-8-4-3-5-9-14/h3-11,17H,12-13,21H2,1-2H3,(H,22,23)/t17-/m0/s1. The predicted octanol–water partition coefficient (Wildman–Crippen LogP) is 2.79. The van der Waals surface area contributed by atoms with Gasteiger partial charge in [-0.3, -0.25) is 4.79 Å². The average Bonchev–Trinajstić information content (AvgIpc) is 2.54. The molecular formula is C19H23FN2O. The Balaban J connectivity index is 1.94. The molecular weight excluding hydrogens is 291 g/mol. The number of hydrogen-bond acceptors (Lipinski definition) is 2. The summed E-state index contributed by atoms with van der Waals surface area (Å²) in [4.78, 5) is 12.2. The molecule has 0 unspecified atom stereocenters. The summed E-state index contributed by atoms with van der Waals surface area (Å²) in [6.07, 6.45) is 0.479. The van der Waals surface area contributed by atoms with Gasteiger partial charge in [0.2, 0.25) is 5.91 Å². The van der Waals surface area contributed by atoms with Gasteiger partial charge in [0.25, 0.3) is 0 Å². The molecule has 2 aromatic carbocycles. The molecule has 0 aliphatic carbocycles. The molecule has 1 atom stereocenters. The Hall–Kier alpha value is -2.20. The van der Waals surface area contributed by atoms with Crippen molar-refractivity contribution in [2.24, 2.45) is 5.73 Å². The minimum absolute atomic E-state index is 0.224. The molecule has 0 radical (unpaired) electrons. The number of hydrogen-bond donors (Lipinski definition) is 2. The third-order valence-electron chi connectivity index (χ3n) is 3.94. The number of carbonyl (C=O) groups excluding carboxylic acids is 1. The Morgan fingerprint density at radius 2 is 1.74 bits per heavy atom.